The highest BCUT2D eigenvalue weighted by atomic mass is 32.2. The molecule has 0 saturated carbocycles. The molecule has 22 heavy (non-hydrogen) atoms. The second-order valence-electron chi connectivity index (χ2n) is 4.82. The maximum atomic E-state index is 12.2. The molecule has 1 aliphatic heterocycles. The van der Waals surface area contributed by atoms with E-state index in [2.05, 4.69) is 0 Å². The molecule has 6 nitrogen and oxygen atoms in total. The highest BCUT2D eigenvalue weighted by molar-refractivity contribution is 7.91. The number of thiophene rings is 1. The summed E-state index contributed by atoms with van der Waals surface area (Å²) in [6.45, 7) is 0.205. The Morgan fingerprint density at radius 2 is 1.59 bits per heavy atom. The van der Waals surface area contributed by atoms with Crippen LogP contribution in [0.15, 0.2) is 40.6 Å². The molecule has 2 heterocycles. The van der Waals surface area contributed by atoms with Crippen LogP contribution in [0.5, 0.6) is 0 Å². The van der Waals surface area contributed by atoms with Crippen LogP contribution < -0.4 is 5.14 Å². The summed E-state index contributed by atoms with van der Waals surface area (Å²) >= 11 is 1.05. The van der Waals surface area contributed by atoms with Crippen LogP contribution in [0.1, 0.15) is 25.6 Å². The summed E-state index contributed by atoms with van der Waals surface area (Å²) in [5, 5.41) is 5.05. The van der Waals surface area contributed by atoms with E-state index in [-0.39, 0.29) is 22.6 Å². The van der Waals surface area contributed by atoms with E-state index in [9.17, 15) is 18.0 Å². The standard InChI is InChI=1S/C14H12N2O4S2/c15-22(19,20)12-6-5-9(21-12)7-8-16-13(17)10-3-1-2-4-11(10)14(16)18/h1-6H,7-8H2,(H2,15,19,20). The summed E-state index contributed by atoms with van der Waals surface area (Å²) in [5.41, 5.74) is 0.813. The molecule has 1 aliphatic rings. The van der Waals surface area contributed by atoms with Crippen LogP contribution >= 0.6 is 11.3 Å². The van der Waals surface area contributed by atoms with Crippen molar-refractivity contribution in [3.05, 3.63) is 52.4 Å². The molecule has 0 radical (unpaired) electrons. The number of carbonyl (C=O) groups excluding carboxylic acids is 2. The first-order valence-electron chi connectivity index (χ1n) is 6.44. The van der Waals surface area contributed by atoms with Gasteiger partial charge in [-0.3, -0.25) is 14.5 Å². The molecule has 0 spiro atoms. The molecule has 0 unspecified atom stereocenters. The zero-order valence-corrected chi connectivity index (χ0v) is 13.0. The Morgan fingerprint density at radius 3 is 2.09 bits per heavy atom. The second-order valence-corrected chi connectivity index (χ2v) is 7.78. The molecule has 2 N–H and O–H groups in total. The lowest BCUT2D eigenvalue weighted by Gasteiger charge is -2.12. The van der Waals surface area contributed by atoms with Crippen LogP contribution in [0.2, 0.25) is 0 Å². The van der Waals surface area contributed by atoms with Gasteiger partial charge in [0.2, 0.25) is 10.0 Å². The minimum Gasteiger partial charge on any atom is -0.274 e. The molecule has 0 fully saturated rings. The van der Waals surface area contributed by atoms with Gasteiger partial charge in [0, 0.05) is 11.4 Å². The van der Waals surface area contributed by atoms with Crippen molar-refractivity contribution in [2.75, 3.05) is 6.54 Å². The summed E-state index contributed by atoms with van der Waals surface area (Å²) in [6, 6.07) is 9.75. The number of hydrogen-bond acceptors (Lipinski definition) is 5. The molecule has 2 amide bonds. The van der Waals surface area contributed by atoms with E-state index in [1.807, 2.05) is 0 Å². The summed E-state index contributed by atoms with van der Waals surface area (Å²) in [5.74, 6) is -0.632. The fourth-order valence-electron chi connectivity index (χ4n) is 2.31. The molecule has 1 aromatic heterocycles. The van der Waals surface area contributed by atoms with E-state index in [4.69, 9.17) is 5.14 Å². The van der Waals surface area contributed by atoms with Gasteiger partial charge < -0.3 is 0 Å². The monoisotopic (exact) mass is 336 g/mol. The van der Waals surface area contributed by atoms with Crippen molar-refractivity contribution >= 4 is 33.2 Å². The van der Waals surface area contributed by atoms with Crippen LogP contribution in [0, 0.1) is 0 Å². The first-order valence-corrected chi connectivity index (χ1v) is 8.81. The maximum absolute atomic E-state index is 12.2. The zero-order valence-electron chi connectivity index (χ0n) is 11.4. The predicted molar refractivity (Wildman–Crippen MR) is 81.2 cm³/mol. The topological polar surface area (TPSA) is 97.5 Å². The smallest absolute Gasteiger partial charge is 0.261 e. The Morgan fingerprint density at radius 1 is 1.00 bits per heavy atom. The number of fused-ring (bicyclic) bond motifs is 1. The molecule has 0 atom stereocenters. The third-order valence-corrected chi connectivity index (χ3v) is 5.96. The van der Waals surface area contributed by atoms with Crippen molar-refractivity contribution in [3.8, 4) is 0 Å². The average Bonchev–Trinajstić information content (AvgIpc) is 3.03. The Kier molecular flexibility index (Phi) is 3.59. The highest BCUT2D eigenvalue weighted by Gasteiger charge is 2.34. The SMILES string of the molecule is NS(=O)(=O)c1ccc(CCN2C(=O)c3ccccc3C2=O)s1. The Bertz CT molecular complexity index is 835. The molecule has 0 saturated heterocycles. The van der Waals surface area contributed by atoms with Crippen molar-refractivity contribution in [2.45, 2.75) is 10.6 Å². The van der Waals surface area contributed by atoms with Crippen LogP contribution in [0.3, 0.4) is 0 Å². The van der Waals surface area contributed by atoms with Crippen LogP contribution in [0.25, 0.3) is 0 Å². The lowest BCUT2D eigenvalue weighted by Crippen LogP contribution is -2.31. The van der Waals surface area contributed by atoms with Crippen LogP contribution in [0.4, 0.5) is 0 Å². The summed E-state index contributed by atoms with van der Waals surface area (Å²) in [7, 11) is -3.71. The average molecular weight is 336 g/mol. The molecule has 0 aliphatic carbocycles. The number of carbonyl (C=O) groups is 2. The number of hydrogen-bond donors (Lipinski definition) is 1. The third-order valence-electron chi connectivity index (χ3n) is 3.38. The van der Waals surface area contributed by atoms with E-state index >= 15 is 0 Å². The zero-order chi connectivity index (χ0) is 15.9. The van der Waals surface area contributed by atoms with E-state index in [1.165, 1.54) is 11.0 Å². The minimum absolute atomic E-state index is 0.0739. The maximum Gasteiger partial charge on any atom is 0.261 e. The van der Waals surface area contributed by atoms with Crippen molar-refractivity contribution in [3.63, 3.8) is 0 Å². The van der Waals surface area contributed by atoms with E-state index in [0.717, 1.165) is 16.2 Å². The normalized spacial score (nSPS) is 14.5. The van der Waals surface area contributed by atoms with Gasteiger partial charge in [-0.1, -0.05) is 12.1 Å². The molecule has 1 aromatic carbocycles. The lowest BCUT2D eigenvalue weighted by atomic mass is 10.1. The number of sulfonamides is 1. The van der Waals surface area contributed by atoms with Crippen LogP contribution in [-0.4, -0.2) is 31.7 Å². The first kappa shape index (κ1) is 14.9. The molecular weight excluding hydrogens is 324 g/mol. The number of imide groups is 1. The van der Waals surface area contributed by atoms with E-state index < -0.39 is 10.0 Å². The summed E-state index contributed by atoms with van der Waals surface area (Å²) in [6.07, 6.45) is 0.394. The van der Waals surface area contributed by atoms with Gasteiger partial charge in [0.15, 0.2) is 0 Å². The van der Waals surface area contributed by atoms with Crippen molar-refractivity contribution in [1.29, 1.82) is 0 Å². The fraction of sp³-hybridized carbons (Fsp3) is 0.143. The predicted octanol–water partition coefficient (Wildman–Crippen LogP) is 1.23. The Labute approximate surface area is 131 Å². The molecule has 2 aromatic rings. The third kappa shape index (κ3) is 2.56. The van der Waals surface area contributed by atoms with Crippen molar-refractivity contribution in [1.82, 2.24) is 4.90 Å². The molecule has 0 bridgehead atoms. The molecule has 3 rings (SSSR count). The number of benzene rings is 1. The Balaban J connectivity index is 1.75. The number of rotatable bonds is 4. The summed E-state index contributed by atoms with van der Waals surface area (Å²) in [4.78, 5) is 26.3. The van der Waals surface area contributed by atoms with Gasteiger partial charge in [0.25, 0.3) is 11.8 Å². The lowest BCUT2D eigenvalue weighted by molar-refractivity contribution is 0.0656. The van der Waals surface area contributed by atoms with Gasteiger partial charge in [0.05, 0.1) is 11.1 Å². The number of amides is 2. The van der Waals surface area contributed by atoms with Gasteiger partial charge in [-0.15, -0.1) is 11.3 Å². The summed E-state index contributed by atoms with van der Waals surface area (Å²) < 4.78 is 22.5. The van der Waals surface area contributed by atoms with Crippen molar-refractivity contribution < 1.29 is 18.0 Å². The molecule has 114 valence electrons. The largest absolute Gasteiger partial charge is 0.274 e. The number of primary sulfonamides is 1. The Hall–Kier alpha value is -2.03. The van der Waals surface area contributed by atoms with Gasteiger partial charge >= 0.3 is 0 Å². The van der Waals surface area contributed by atoms with Gasteiger partial charge in [-0.2, -0.15) is 0 Å². The van der Waals surface area contributed by atoms with Crippen LogP contribution in [-0.2, 0) is 16.4 Å². The highest BCUT2D eigenvalue weighted by Crippen LogP contribution is 2.25. The van der Waals surface area contributed by atoms with Gasteiger partial charge in [-0.05, 0) is 30.7 Å². The van der Waals surface area contributed by atoms with Crippen molar-refractivity contribution in [2.24, 2.45) is 5.14 Å². The van der Waals surface area contributed by atoms with E-state index in [0.29, 0.717) is 17.5 Å². The number of nitrogens with zero attached hydrogens (tertiary/aromatic N) is 1. The molecular formula is C14H12N2O4S2. The first-order chi connectivity index (χ1) is 10.4. The fourth-order valence-corrected chi connectivity index (χ4v) is 4.08. The minimum atomic E-state index is -3.71. The van der Waals surface area contributed by atoms with Gasteiger partial charge in [0.1, 0.15) is 4.21 Å². The molecule has 8 heteroatoms. The number of nitrogens with two attached hydrogens (primary N) is 1. The quantitative estimate of drug-likeness (QED) is 0.849. The van der Waals surface area contributed by atoms with E-state index in [1.54, 1.807) is 30.3 Å². The second kappa shape index (κ2) is 5.31. The van der Waals surface area contributed by atoms with Gasteiger partial charge in [-0.25, -0.2) is 13.6 Å².